The molecular formula is C17H16FNO3. The molecule has 0 saturated heterocycles. The van der Waals surface area contributed by atoms with Crippen LogP contribution >= 0.6 is 0 Å². The molecule has 1 aliphatic rings. The Morgan fingerprint density at radius 3 is 2.73 bits per heavy atom. The number of ether oxygens (including phenoxy) is 1. The number of rotatable bonds is 3. The summed E-state index contributed by atoms with van der Waals surface area (Å²) in [5, 5.41) is 13.4. The van der Waals surface area contributed by atoms with Crippen molar-refractivity contribution in [1.82, 2.24) is 0 Å². The van der Waals surface area contributed by atoms with Gasteiger partial charge in [-0.25, -0.2) is 4.39 Å². The van der Waals surface area contributed by atoms with Crippen molar-refractivity contribution in [1.29, 1.82) is 0 Å². The number of fused-ring (bicyclic) bond motifs is 1. The lowest BCUT2D eigenvalue weighted by atomic mass is 9.94. The molecule has 0 radical (unpaired) electrons. The Labute approximate surface area is 127 Å². The lowest BCUT2D eigenvalue weighted by molar-refractivity contribution is -0.116. The number of halogens is 1. The second kappa shape index (κ2) is 5.42. The lowest BCUT2D eigenvalue weighted by Gasteiger charge is -2.18. The fraction of sp³-hybridized carbons (Fsp3) is 0.235. The molecular weight excluding hydrogens is 285 g/mol. The van der Waals surface area contributed by atoms with Gasteiger partial charge in [-0.15, -0.1) is 0 Å². The second-order valence-electron chi connectivity index (χ2n) is 5.31. The number of anilines is 1. The topological polar surface area (TPSA) is 58.6 Å². The van der Waals surface area contributed by atoms with Crippen LogP contribution < -0.4 is 10.1 Å². The van der Waals surface area contributed by atoms with Gasteiger partial charge in [-0.3, -0.25) is 4.79 Å². The Morgan fingerprint density at radius 2 is 2.00 bits per heavy atom. The molecule has 0 bridgehead atoms. The lowest BCUT2D eigenvalue weighted by Crippen LogP contribution is -2.10. The first-order valence-electron chi connectivity index (χ1n) is 6.98. The summed E-state index contributed by atoms with van der Waals surface area (Å²) in [7, 11) is 1.51. The highest BCUT2D eigenvalue weighted by molar-refractivity contribution is 6.03. The van der Waals surface area contributed by atoms with Crippen LogP contribution in [-0.4, -0.2) is 18.1 Å². The van der Waals surface area contributed by atoms with Crippen LogP contribution in [0.4, 0.5) is 10.1 Å². The Bertz CT molecular complexity index is 745. The summed E-state index contributed by atoms with van der Waals surface area (Å²) in [6, 6.07) is 9.56. The van der Waals surface area contributed by atoms with E-state index in [0.717, 1.165) is 0 Å². The summed E-state index contributed by atoms with van der Waals surface area (Å²) in [6.07, 6.45) is -1.09. The zero-order valence-electron chi connectivity index (χ0n) is 12.3. The number of nitrogens with one attached hydrogen (secondary N) is 1. The van der Waals surface area contributed by atoms with Gasteiger partial charge in [0.05, 0.1) is 18.7 Å². The first-order chi connectivity index (χ1) is 10.5. The molecule has 2 N–H and O–H groups in total. The zero-order chi connectivity index (χ0) is 15.9. The number of carbonyl (C=O) groups is 1. The summed E-state index contributed by atoms with van der Waals surface area (Å²) in [4.78, 5) is 11.8. The number of para-hydroxylation sites is 1. The van der Waals surface area contributed by atoms with Crippen molar-refractivity contribution in [3.8, 4) is 5.75 Å². The van der Waals surface area contributed by atoms with Crippen molar-refractivity contribution in [2.24, 2.45) is 0 Å². The van der Waals surface area contributed by atoms with E-state index in [1.54, 1.807) is 31.2 Å². The highest BCUT2D eigenvalue weighted by Gasteiger charge is 2.32. The van der Waals surface area contributed by atoms with Crippen LogP contribution in [-0.2, 0) is 4.79 Å². The van der Waals surface area contributed by atoms with Gasteiger partial charge in [0, 0.05) is 11.1 Å². The number of aliphatic hydroxyl groups is 1. The van der Waals surface area contributed by atoms with Crippen LogP contribution in [0.5, 0.6) is 5.75 Å². The molecule has 2 aromatic carbocycles. The van der Waals surface area contributed by atoms with E-state index >= 15 is 0 Å². The van der Waals surface area contributed by atoms with Gasteiger partial charge in [-0.05, 0) is 30.7 Å². The SMILES string of the molecule is COc1ccccc1C(O)c1cc(F)cc2c1NC(=O)C2C. The van der Waals surface area contributed by atoms with E-state index in [0.29, 0.717) is 28.1 Å². The number of hydrogen-bond donors (Lipinski definition) is 2. The molecule has 0 aliphatic carbocycles. The molecule has 4 nitrogen and oxygen atoms in total. The fourth-order valence-corrected chi connectivity index (χ4v) is 2.78. The largest absolute Gasteiger partial charge is 0.496 e. The van der Waals surface area contributed by atoms with E-state index in [-0.39, 0.29) is 5.91 Å². The Morgan fingerprint density at radius 1 is 1.27 bits per heavy atom. The minimum absolute atomic E-state index is 0.200. The average molecular weight is 301 g/mol. The maximum Gasteiger partial charge on any atom is 0.231 e. The van der Waals surface area contributed by atoms with Crippen molar-refractivity contribution in [3.63, 3.8) is 0 Å². The second-order valence-corrected chi connectivity index (χ2v) is 5.31. The predicted octanol–water partition coefficient (Wildman–Crippen LogP) is 2.97. The molecule has 2 aromatic rings. The van der Waals surface area contributed by atoms with E-state index in [4.69, 9.17) is 4.74 Å². The Hall–Kier alpha value is -2.40. The molecule has 3 rings (SSSR count). The zero-order valence-corrected chi connectivity index (χ0v) is 12.3. The third kappa shape index (κ3) is 2.23. The minimum Gasteiger partial charge on any atom is -0.496 e. The number of carbonyl (C=O) groups excluding carboxylic acids is 1. The van der Waals surface area contributed by atoms with Crippen LogP contribution in [0.25, 0.3) is 0 Å². The number of methoxy groups -OCH3 is 1. The van der Waals surface area contributed by atoms with Gasteiger partial charge in [0.1, 0.15) is 17.7 Å². The number of amides is 1. The number of hydrogen-bond acceptors (Lipinski definition) is 3. The molecule has 0 fully saturated rings. The van der Waals surface area contributed by atoms with Crippen molar-refractivity contribution >= 4 is 11.6 Å². The molecule has 114 valence electrons. The maximum absolute atomic E-state index is 13.9. The molecule has 1 aliphatic heterocycles. The van der Waals surface area contributed by atoms with E-state index in [2.05, 4.69) is 5.32 Å². The van der Waals surface area contributed by atoms with Gasteiger partial charge in [-0.1, -0.05) is 18.2 Å². The van der Waals surface area contributed by atoms with Crippen molar-refractivity contribution in [2.75, 3.05) is 12.4 Å². The highest BCUT2D eigenvalue weighted by Crippen LogP contribution is 2.41. The summed E-state index contributed by atoms with van der Waals surface area (Å²) < 4.78 is 19.1. The van der Waals surface area contributed by atoms with Crippen LogP contribution in [0.15, 0.2) is 36.4 Å². The molecule has 5 heteroatoms. The minimum atomic E-state index is -1.09. The highest BCUT2D eigenvalue weighted by atomic mass is 19.1. The quantitative estimate of drug-likeness (QED) is 0.916. The molecule has 0 spiro atoms. The summed E-state index contributed by atoms with van der Waals surface area (Å²) in [6.45, 7) is 1.71. The number of benzene rings is 2. The third-order valence-electron chi connectivity index (χ3n) is 4.00. The standard InChI is InChI=1S/C17H16FNO3/c1-9-12-7-10(18)8-13(15(12)19-17(9)21)16(20)11-5-3-4-6-14(11)22-2/h3-9,16,20H,1-2H3,(H,19,21). The molecule has 0 aromatic heterocycles. The van der Waals surface area contributed by atoms with E-state index in [1.807, 2.05) is 0 Å². The van der Waals surface area contributed by atoms with Gasteiger partial charge in [-0.2, -0.15) is 0 Å². The van der Waals surface area contributed by atoms with Gasteiger partial charge < -0.3 is 15.2 Å². The Balaban J connectivity index is 2.13. The van der Waals surface area contributed by atoms with Gasteiger partial charge in [0.15, 0.2) is 0 Å². The normalized spacial score (nSPS) is 17.8. The molecule has 22 heavy (non-hydrogen) atoms. The van der Waals surface area contributed by atoms with Crippen LogP contribution in [0.2, 0.25) is 0 Å². The average Bonchev–Trinajstić information content (AvgIpc) is 2.81. The monoisotopic (exact) mass is 301 g/mol. The molecule has 2 atom stereocenters. The molecule has 2 unspecified atom stereocenters. The third-order valence-corrected chi connectivity index (χ3v) is 4.00. The maximum atomic E-state index is 13.9. The molecule has 1 heterocycles. The van der Waals surface area contributed by atoms with Crippen LogP contribution in [0.3, 0.4) is 0 Å². The predicted molar refractivity (Wildman–Crippen MR) is 80.5 cm³/mol. The van der Waals surface area contributed by atoms with Crippen LogP contribution in [0.1, 0.15) is 35.6 Å². The number of aliphatic hydroxyl groups excluding tert-OH is 1. The van der Waals surface area contributed by atoms with Crippen molar-refractivity contribution in [3.05, 3.63) is 58.9 Å². The summed E-state index contributed by atoms with van der Waals surface area (Å²) in [5.74, 6) is -0.611. The summed E-state index contributed by atoms with van der Waals surface area (Å²) in [5.41, 5.74) is 1.90. The van der Waals surface area contributed by atoms with Gasteiger partial charge in [0.2, 0.25) is 5.91 Å². The fourth-order valence-electron chi connectivity index (χ4n) is 2.78. The smallest absolute Gasteiger partial charge is 0.231 e. The first kappa shape index (κ1) is 14.5. The van der Waals surface area contributed by atoms with Crippen molar-refractivity contribution < 1.29 is 19.0 Å². The molecule has 0 saturated carbocycles. The van der Waals surface area contributed by atoms with Crippen LogP contribution in [0, 0.1) is 5.82 Å². The van der Waals surface area contributed by atoms with Gasteiger partial charge in [0.25, 0.3) is 0 Å². The summed E-state index contributed by atoms with van der Waals surface area (Å²) >= 11 is 0. The van der Waals surface area contributed by atoms with Crippen molar-refractivity contribution in [2.45, 2.75) is 18.9 Å². The Kier molecular flexibility index (Phi) is 3.58. The molecule has 1 amide bonds. The van der Waals surface area contributed by atoms with E-state index < -0.39 is 17.8 Å². The first-order valence-corrected chi connectivity index (χ1v) is 6.98. The van der Waals surface area contributed by atoms with E-state index in [1.165, 1.54) is 19.2 Å². The van der Waals surface area contributed by atoms with E-state index in [9.17, 15) is 14.3 Å². The van der Waals surface area contributed by atoms with Gasteiger partial charge >= 0.3 is 0 Å².